The largest absolute Gasteiger partial charge is 0.496 e. The molecule has 1 aliphatic rings. The van der Waals surface area contributed by atoms with Gasteiger partial charge in [0.05, 0.1) is 33.5 Å². The standard InChI is InChI=1S/C22H25NO8S/c1-5-30-22(26)19-12-7-6-8-17(12)32-20(19)23-18(24)11-31-21(25)13-9-15(28-3)16(29-4)10-14(13)27-2/h9-10H,5-8,11H2,1-4H3,(H,23,24). The van der Waals surface area contributed by atoms with Crippen molar-refractivity contribution in [1.82, 2.24) is 0 Å². The number of thiophene rings is 1. The van der Waals surface area contributed by atoms with Crippen molar-refractivity contribution in [1.29, 1.82) is 0 Å². The Hall–Kier alpha value is -3.27. The zero-order chi connectivity index (χ0) is 23.3. The molecule has 0 saturated carbocycles. The molecule has 0 atom stereocenters. The van der Waals surface area contributed by atoms with Gasteiger partial charge in [-0.1, -0.05) is 0 Å². The van der Waals surface area contributed by atoms with Crippen molar-refractivity contribution in [3.63, 3.8) is 0 Å². The number of anilines is 1. The average molecular weight is 464 g/mol. The fourth-order valence-electron chi connectivity index (χ4n) is 3.47. The molecule has 32 heavy (non-hydrogen) atoms. The molecule has 1 heterocycles. The molecule has 0 unspecified atom stereocenters. The highest BCUT2D eigenvalue weighted by molar-refractivity contribution is 7.17. The van der Waals surface area contributed by atoms with Crippen LogP contribution in [0.5, 0.6) is 17.2 Å². The number of carbonyl (C=O) groups is 3. The van der Waals surface area contributed by atoms with Crippen LogP contribution in [0.15, 0.2) is 12.1 Å². The number of ether oxygens (including phenoxy) is 5. The fourth-order valence-corrected chi connectivity index (χ4v) is 4.77. The number of hydrogen-bond donors (Lipinski definition) is 1. The summed E-state index contributed by atoms with van der Waals surface area (Å²) in [6.07, 6.45) is 2.59. The van der Waals surface area contributed by atoms with E-state index in [2.05, 4.69) is 5.32 Å². The maximum absolute atomic E-state index is 12.6. The first kappa shape index (κ1) is 23.4. The molecule has 1 amide bonds. The van der Waals surface area contributed by atoms with Gasteiger partial charge < -0.3 is 29.0 Å². The molecule has 1 aromatic heterocycles. The first-order valence-electron chi connectivity index (χ1n) is 10.0. The van der Waals surface area contributed by atoms with E-state index in [1.54, 1.807) is 6.92 Å². The Morgan fingerprint density at radius 2 is 1.62 bits per heavy atom. The van der Waals surface area contributed by atoms with E-state index in [1.807, 2.05) is 0 Å². The highest BCUT2D eigenvalue weighted by atomic mass is 32.1. The van der Waals surface area contributed by atoms with E-state index >= 15 is 0 Å². The summed E-state index contributed by atoms with van der Waals surface area (Å²) < 4.78 is 25.9. The second kappa shape index (κ2) is 10.4. The van der Waals surface area contributed by atoms with Crippen LogP contribution in [-0.2, 0) is 27.1 Å². The first-order valence-corrected chi connectivity index (χ1v) is 10.8. The fraction of sp³-hybridized carbons (Fsp3) is 0.409. The van der Waals surface area contributed by atoms with Crippen LogP contribution >= 0.6 is 11.3 Å². The Balaban J connectivity index is 1.71. The summed E-state index contributed by atoms with van der Waals surface area (Å²) in [7, 11) is 4.30. The minimum Gasteiger partial charge on any atom is -0.496 e. The maximum atomic E-state index is 12.6. The number of benzene rings is 1. The monoisotopic (exact) mass is 463 g/mol. The van der Waals surface area contributed by atoms with Crippen molar-refractivity contribution >= 4 is 34.2 Å². The van der Waals surface area contributed by atoms with Crippen molar-refractivity contribution in [2.24, 2.45) is 0 Å². The number of methoxy groups -OCH3 is 3. The molecule has 0 spiro atoms. The molecule has 3 rings (SSSR count). The number of esters is 2. The number of rotatable bonds is 9. The Kier molecular flexibility index (Phi) is 7.57. The summed E-state index contributed by atoms with van der Waals surface area (Å²) >= 11 is 1.35. The first-order chi connectivity index (χ1) is 15.4. The number of hydrogen-bond acceptors (Lipinski definition) is 9. The predicted molar refractivity (Wildman–Crippen MR) is 117 cm³/mol. The van der Waals surface area contributed by atoms with Crippen molar-refractivity contribution in [3.05, 3.63) is 33.7 Å². The number of fused-ring (bicyclic) bond motifs is 1. The average Bonchev–Trinajstić information content (AvgIpc) is 3.37. The molecule has 0 bridgehead atoms. The minimum absolute atomic E-state index is 0.0836. The van der Waals surface area contributed by atoms with Crippen LogP contribution in [-0.4, -0.2) is 52.4 Å². The van der Waals surface area contributed by atoms with Crippen LogP contribution in [0.2, 0.25) is 0 Å². The van der Waals surface area contributed by atoms with E-state index in [4.69, 9.17) is 23.7 Å². The van der Waals surface area contributed by atoms with Gasteiger partial charge in [0.15, 0.2) is 18.1 Å². The van der Waals surface area contributed by atoms with Gasteiger partial charge in [0.2, 0.25) is 0 Å². The lowest BCUT2D eigenvalue weighted by Gasteiger charge is -2.13. The third kappa shape index (κ3) is 4.80. The molecule has 9 nitrogen and oxygen atoms in total. The molecular weight excluding hydrogens is 438 g/mol. The van der Waals surface area contributed by atoms with Crippen molar-refractivity contribution in [3.8, 4) is 17.2 Å². The van der Waals surface area contributed by atoms with Crippen LogP contribution in [0, 0.1) is 0 Å². The van der Waals surface area contributed by atoms with Crippen LogP contribution in [0.25, 0.3) is 0 Å². The second-order valence-electron chi connectivity index (χ2n) is 6.81. The molecule has 0 fully saturated rings. The molecule has 0 saturated heterocycles. The summed E-state index contributed by atoms with van der Waals surface area (Å²) in [4.78, 5) is 38.5. The van der Waals surface area contributed by atoms with Gasteiger partial charge in [0.25, 0.3) is 5.91 Å². The van der Waals surface area contributed by atoms with Crippen LogP contribution in [0.4, 0.5) is 5.00 Å². The van der Waals surface area contributed by atoms with E-state index in [9.17, 15) is 14.4 Å². The van der Waals surface area contributed by atoms with E-state index in [-0.39, 0.29) is 17.9 Å². The molecule has 0 aliphatic heterocycles. The molecule has 2 aromatic rings. The molecule has 172 valence electrons. The zero-order valence-corrected chi connectivity index (χ0v) is 19.2. The number of carbonyl (C=O) groups excluding carboxylic acids is 3. The number of aryl methyl sites for hydroxylation is 1. The summed E-state index contributed by atoms with van der Waals surface area (Å²) in [6.45, 7) is 1.42. The Labute approximate surface area is 189 Å². The summed E-state index contributed by atoms with van der Waals surface area (Å²) in [5.41, 5.74) is 1.40. The van der Waals surface area contributed by atoms with Crippen molar-refractivity contribution < 1.29 is 38.1 Å². The summed E-state index contributed by atoms with van der Waals surface area (Å²) in [5.74, 6) is -0.880. The highest BCUT2D eigenvalue weighted by Crippen LogP contribution is 2.39. The van der Waals surface area contributed by atoms with Crippen molar-refractivity contribution in [2.45, 2.75) is 26.2 Å². The normalized spacial score (nSPS) is 12.0. The summed E-state index contributed by atoms with van der Waals surface area (Å²) in [5, 5.41) is 3.10. The third-order valence-electron chi connectivity index (χ3n) is 4.91. The lowest BCUT2D eigenvalue weighted by Crippen LogP contribution is -2.22. The van der Waals surface area contributed by atoms with E-state index in [0.717, 1.165) is 29.7 Å². The van der Waals surface area contributed by atoms with Crippen LogP contribution in [0.3, 0.4) is 0 Å². The molecule has 1 aromatic carbocycles. The van der Waals surface area contributed by atoms with Gasteiger partial charge in [-0.3, -0.25) is 4.79 Å². The molecule has 1 N–H and O–H groups in total. The Morgan fingerprint density at radius 1 is 0.938 bits per heavy atom. The maximum Gasteiger partial charge on any atom is 0.342 e. The Bertz CT molecular complexity index is 1030. The molecule has 0 radical (unpaired) electrons. The topological polar surface area (TPSA) is 109 Å². The van der Waals surface area contributed by atoms with Gasteiger partial charge in [-0.2, -0.15) is 0 Å². The van der Waals surface area contributed by atoms with Gasteiger partial charge >= 0.3 is 11.9 Å². The second-order valence-corrected chi connectivity index (χ2v) is 7.92. The number of amides is 1. The predicted octanol–water partition coefficient (Wildman–Crippen LogP) is 3.23. The third-order valence-corrected chi connectivity index (χ3v) is 6.12. The molecule has 10 heteroatoms. The van der Waals surface area contributed by atoms with Crippen molar-refractivity contribution in [2.75, 3.05) is 39.9 Å². The highest BCUT2D eigenvalue weighted by Gasteiger charge is 2.28. The quantitative estimate of drug-likeness (QED) is 0.565. The van der Waals surface area contributed by atoms with Crippen LogP contribution in [0.1, 0.15) is 44.5 Å². The van der Waals surface area contributed by atoms with E-state index in [1.165, 1.54) is 44.8 Å². The van der Waals surface area contributed by atoms with Gasteiger partial charge in [-0.15, -0.1) is 11.3 Å². The van der Waals surface area contributed by atoms with Crippen LogP contribution < -0.4 is 19.5 Å². The van der Waals surface area contributed by atoms with E-state index < -0.39 is 24.5 Å². The van der Waals surface area contributed by atoms with Gasteiger partial charge in [-0.25, -0.2) is 9.59 Å². The van der Waals surface area contributed by atoms with E-state index in [0.29, 0.717) is 22.1 Å². The number of nitrogens with one attached hydrogen (secondary N) is 1. The smallest absolute Gasteiger partial charge is 0.342 e. The lowest BCUT2D eigenvalue weighted by atomic mass is 10.1. The van der Waals surface area contributed by atoms with Gasteiger partial charge in [0.1, 0.15) is 16.3 Å². The zero-order valence-electron chi connectivity index (χ0n) is 18.4. The minimum atomic E-state index is -0.766. The SMILES string of the molecule is CCOC(=O)c1c(NC(=O)COC(=O)c2cc(OC)c(OC)cc2OC)sc2c1CCC2. The summed E-state index contributed by atoms with van der Waals surface area (Å²) in [6, 6.07) is 2.91. The van der Waals surface area contributed by atoms with Gasteiger partial charge in [0, 0.05) is 17.0 Å². The molecule has 1 aliphatic carbocycles. The lowest BCUT2D eigenvalue weighted by molar-refractivity contribution is -0.119. The molecular formula is C22H25NO8S. The Morgan fingerprint density at radius 3 is 2.28 bits per heavy atom. The van der Waals surface area contributed by atoms with Gasteiger partial charge in [-0.05, 0) is 31.7 Å².